The van der Waals surface area contributed by atoms with Gasteiger partial charge in [0.15, 0.2) is 0 Å². The fourth-order valence-corrected chi connectivity index (χ4v) is 1.02. The molecule has 1 aromatic rings. The summed E-state index contributed by atoms with van der Waals surface area (Å²) in [6.07, 6.45) is 2.05. The number of hydrogen-bond acceptors (Lipinski definition) is 3. The van der Waals surface area contributed by atoms with Crippen LogP contribution in [0.5, 0.6) is 0 Å². The van der Waals surface area contributed by atoms with Crippen LogP contribution in [0.25, 0.3) is 0 Å². The first-order chi connectivity index (χ1) is 8.99. The average Bonchev–Trinajstić information content (AvgIpc) is 2.37. The fraction of sp³-hybridized carbons (Fsp3) is 0.467. The summed E-state index contributed by atoms with van der Waals surface area (Å²) >= 11 is 0. The molecule has 0 aliphatic heterocycles. The van der Waals surface area contributed by atoms with Crippen molar-refractivity contribution in [2.75, 3.05) is 0 Å². The second-order valence-electron chi connectivity index (χ2n) is 4.22. The van der Waals surface area contributed by atoms with E-state index in [4.69, 9.17) is 9.84 Å². The smallest absolute Gasteiger partial charge is 0.317 e. The van der Waals surface area contributed by atoms with Gasteiger partial charge >= 0.3 is 11.9 Å². The van der Waals surface area contributed by atoms with Crippen molar-refractivity contribution in [3.05, 3.63) is 35.4 Å². The molecule has 0 atom stereocenters. The highest BCUT2D eigenvalue weighted by atomic mass is 16.5. The Bertz CT molecular complexity index is 380. The number of carbonyl (C=O) groups excluding carboxylic acids is 1. The van der Waals surface area contributed by atoms with Crippen molar-refractivity contribution in [2.45, 2.75) is 46.6 Å². The summed E-state index contributed by atoms with van der Waals surface area (Å²) in [4.78, 5) is 21.1. The van der Waals surface area contributed by atoms with E-state index in [1.165, 1.54) is 12.8 Å². The van der Waals surface area contributed by atoms with E-state index in [1.54, 1.807) is 0 Å². The molecule has 0 amide bonds. The van der Waals surface area contributed by atoms with E-state index in [1.807, 2.05) is 31.2 Å². The predicted molar refractivity (Wildman–Crippen MR) is 73.8 cm³/mol. The second kappa shape index (κ2) is 10.1. The van der Waals surface area contributed by atoms with Crippen molar-refractivity contribution in [3.8, 4) is 0 Å². The number of carboxylic acid groups (broad SMARTS) is 1. The van der Waals surface area contributed by atoms with Gasteiger partial charge in [-0.15, -0.1) is 0 Å². The Morgan fingerprint density at radius 3 is 2.05 bits per heavy atom. The summed E-state index contributed by atoms with van der Waals surface area (Å²) in [6.45, 7) is 6.44. The Balaban J connectivity index is 0.000000711. The highest BCUT2D eigenvalue weighted by Crippen LogP contribution is 2.05. The van der Waals surface area contributed by atoms with E-state index in [9.17, 15) is 9.59 Å². The van der Waals surface area contributed by atoms with Gasteiger partial charge in [0.05, 0.1) is 0 Å². The molecule has 4 nitrogen and oxygen atoms in total. The van der Waals surface area contributed by atoms with Gasteiger partial charge in [0.2, 0.25) is 0 Å². The molecule has 19 heavy (non-hydrogen) atoms. The summed E-state index contributed by atoms with van der Waals surface area (Å²) in [5.41, 5.74) is 1.97. The van der Waals surface area contributed by atoms with Crippen LogP contribution < -0.4 is 0 Å². The fourth-order valence-electron chi connectivity index (χ4n) is 1.02. The molecule has 1 rings (SSSR count). The maximum atomic E-state index is 10.9. The molecule has 0 heterocycles. The maximum Gasteiger partial charge on any atom is 0.317 e. The molecule has 0 saturated heterocycles. The Morgan fingerprint density at radius 2 is 1.63 bits per heavy atom. The van der Waals surface area contributed by atoms with Crippen LogP contribution in [-0.4, -0.2) is 17.0 Å². The lowest BCUT2D eigenvalue weighted by Crippen LogP contribution is -2.10. The summed E-state index contributed by atoms with van der Waals surface area (Å²) in [5.74, 6) is -1.90. The Morgan fingerprint density at radius 1 is 1.11 bits per heavy atom. The number of aryl methyl sites for hydroxylation is 1. The van der Waals surface area contributed by atoms with Crippen molar-refractivity contribution >= 4 is 11.9 Å². The molecule has 0 aromatic heterocycles. The molecule has 1 N–H and O–H groups in total. The lowest BCUT2D eigenvalue weighted by atomic mass is 10.2. The molecule has 0 spiro atoms. The molecule has 0 aliphatic carbocycles. The first kappa shape index (κ1) is 17.2. The molecule has 0 bridgehead atoms. The molecule has 0 radical (unpaired) electrons. The molecular formula is C15H22O4. The number of aliphatic carboxylic acids is 1. The molecule has 106 valence electrons. The standard InChI is InChI=1S/C11H12O4.C4H10/c1-8-2-4-9(5-3-8)7-15-11(14)6-10(12)13;1-3-4-2/h2-5H,6-7H2,1H3,(H,12,13);3-4H2,1-2H3. The average molecular weight is 266 g/mol. The van der Waals surface area contributed by atoms with Gasteiger partial charge < -0.3 is 9.84 Å². The lowest BCUT2D eigenvalue weighted by Gasteiger charge is -2.03. The number of benzene rings is 1. The van der Waals surface area contributed by atoms with Gasteiger partial charge in [-0.2, -0.15) is 0 Å². The van der Waals surface area contributed by atoms with Gasteiger partial charge in [-0.25, -0.2) is 0 Å². The zero-order chi connectivity index (χ0) is 14.7. The molecule has 0 saturated carbocycles. The zero-order valence-corrected chi connectivity index (χ0v) is 11.8. The van der Waals surface area contributed by atoms with Crippen LogP contribution in [-0.2, 0) is 20.9 Å². The largest absolute Gasteiger partial charge is 0.481 e. The van der Waals surface area contributed by atoms with Crippen LogP contribution in [0.15, 0.2) is 24.3 Å². The van der Waals surface area contributed by atoms with Crippen molar-refractivity contribution < 1.29 is 19.4 Å². The van der Waals surface area contributed by atoms with E-state index >= 15 is 0 Å². The molecule has 4 heteroatoms. The third kappa shape index (κ3) is 9.83. The number of ether oxygens (including phenoxy) is 1. The Hall–Kier alpha value is -1.84. The van der Waals surface area contributed by atoms with Crippen LogP contribution >= 0.6 is 0 Å². The third-order valence-corrected chi connectivity index (χ3v) is 2.32. The number of unbranched alkanes of at least 4 members (excludes halogenated alkanes) is 1. The van der Waals surface area contributed by atoms with Crippen LogP contribution in [0.1, 0.15) is 44.2 Å². The van der Waals surface area contributed by atoms with Crippen LogP contribution in [0, 0.1) is 6.92 Å². The first-order valence-electron chi connectivity index (χ1n) is 6.42. The Labute approximate surface area is 114 Å². The van der Waals surface area contributed by atoms with Gasteiger partial charge in [0.1, 0.15) is 13.0 Å². The molecular weight excluding hydrogens is 244 g/mol. The third-order valence-electron chi connectivity index (χ3n) is 2.32. The lowest BCUT2D eigenvalue weighted by molar-refractivity contribution is -0.152. The van der Waals surface area contributed by atoms with Gasteiger partial charge in [0, 0.05) is 0 Å². The number of esters is 1. The predicted octanol–water partition coefficient (Wildman–Crippen LogP) is 3.32. The van der Waals surface area contributed by atoms with Crippen LogP contribution in [0.2, 0.25) is 0 Å². The number of carboxylic acids is 1. The molecule has 0 unspecified atom stereocenters. The van der Waals surface area contributed by atoms with E-state index in [0.717, 1.165) is 11.1 Å². The van der Waals surface area contributed by atoms with Gasteiger partial charge in [-0.1, -0.05) is 56.5 Å². The van der Waals surface area contributed by atoms with Crippen molar-refractivity contribution in [1.29, 1.82) is 0 Å². The quantitative estimate of drug-likeness (QED) is 0.656. The number of hydrogen-bond donors (Lipinski definition) is 1. The minimum Gasteiger partial charge on any atom is -0.481 e. The molecule has 0 aliphatic rings. The maximum absolute atomic E-state index is 10.9. The summed E-state index contributed by atoms with van der Waals surface area (Å²) < 4.78 is 4.76. The highest BCUT2D eigenvalue weighted by molar-refractivity contribution is 5.90. The van der Waals surface area contributed by atoms with Crippen molar-refractivity contribution in [3.63, 3.8) is 0 Å². The van der Waals surface area contributed by atoms with Gasteiger partial charge in [0.25, 0.3) is 0 Å². The van der Waals surface area contributed by atoms with Crippen LogP contribution in [0.3, 0.4) is 0 Å². The second-order valence-corrected chi connectivity index (χ2v) is 4.22. The van der Waals surface area contributed by atoms with Crippen molar-refractivity contribution in [2.24, 2.45) is 0 Å². The van der Waals surface area contributed by atoms with Crippen LogP contribution in [0.4, 0.5) is 0 Å². The van der Waals surface area contributed by atoms with E-state index in [-0.39, 0.29) is 6.61 Å². The minimum atomic E-state index is -1.18. The van der Waals surface area contributed by atoms with Gasteiger partial charge in [-0.05, 0) is 12.5 Å². The number of carbonyl (C=O) groups is 2. The summed E-state index contributed by atoms with van der Waals surface area (Å²) in [7, 11) is 0. The Kier molecular flexibility index (Phi) is 9.14. The molecule has 0 fully saturated rings. The van der Waals surface area contributed by atoms with E-state index in [2.05, 4.69) is 13.8 Å². The monoisotopic (exact) mass is 266 g/mol. The normalized spacial score (nSPS) is 9.21. The van der Waals surface area contributed by atoms with Crippen molar-refractivity contribution in [1.82, 2.24) is 0 Å². The van der Waals surface area contributed by atoms with E-state index in [0.29, 0.717) is 0 Å². The highest BCUT2D eigenvalue weighted by Gasteiger charge is 2.08. The topological polar surface area (TPSA) is 63.6 Å². The van der Waals surface area contributed by atoms with E-state index < -0.39 is 18.4 Å². The number of rotatable bonds is 5. The zero-order valence-electron chi connectivity index (χ0n) is 11.8. The van der Waals surface area contributed by atoms with Gasteiger partial charge in [-0.3, -0.25) is 9.59 Å². The summed E-state index contributed by atoms with van der Waals surface area (Å²) in [6, 6.07) is 7.48. The molecule has 1 aromatic carbocycles. The SMILES string of the molecule is CCCC.Cc1ccc(COC(=O)CC(=O)O)cc1. The summed E-state index contributed by atoms with van der Waals surface area (Å²) in [5, 5.41) is 8.32. The minimum absolute atomic E-state index is 0.117. The first-order valence-corrected chi connectivity index (χ1v) is 6.42.